The molecule has 0 bridgehead atoms. The molecule has 1 aromatic rings. The van der Waals surface area contributed by atoms with E-state index in [0.717, 1.165) is 29.6 Å². The molecule has 1 aliphatic rings. The quantitative estimate of drug-likeness (QED) is 0.793. The lowest BCUT2D eigenvalue weighted by atomic mass is 10.3. The van der Waals surface area contributed by atoms with Gasteiger partial charge in [0, 0.05) is 12.8 Å². The molecule has 16 heavy (non-hydrogen) atoms. The van der Waals surface area contributed by atoms with Crippen molar-refractivity contribution in [3.05, 3.63) is 11.9 Å². The third-order valence-electron chi connectivity index (χ3n) is 2.57. The zero-order chi connectivity index (χ0) is 11.4. The third-order valence-corrected chi connectivity index (χ3v) is 3.75. The second-order valence-electron chi connectivity index (χ2n) is 3.66. The Morgan fingerprint density at radius 1 is 1.69 bits per heavy atom. The molecular formula is C10H16N2O3S. The highest BCUT2D eigenvalue weighted by atomic mass is 32.2. The zero-order valence-corrected chi connectivity index (χ0v) is 10.1. The van der Waals surface area contributed by atoms with Crippen LogP contribution in [0.2, 0.25) is 0 Å². The van der Waals surface area contributed by atoms with Crippen LogP contribution < -0.4 is 0 Å². The second-order valence-corrected chi connectivity index (χ2v) is 4.65. The van der Waals surface area contributed by atoms with Crippen LogP contribution in [0.3, 0.4) is 0 Å². The predicted molar refractivity (Wildman–Crippen MR) is 60.2 cm³/mol. The minimum absolute atomic E-state index is 0.0256. The van der Waals surface area contributed by atoms with Crippen molar-refractivity contribution >= 4 is 11.8 Å². The monoisotopic (exact) mass is 244 g/mol. The summed E-state index contributed by atoms with van der Waals surface area (Å²) in [6, 6.07) is 0. The number of rotatable bonds is 4. The summed E-state index contributed by atoms with van der Waals surface area (Å²) in [6.45, 7) is 1.19. The molecule has 0 aliphatic carbocycles. The van der Waals surface area contributed by atoms with Crippen LogP contribution in [0.1, 0.15) is 12.1 Å². The van der Waals surface area contributed by atoms with Crippen LogP contribution in [0.25, 0.3) is 0 Å². The standard InChI is InChI=1S/C10H16N2O3S/c1-12-8(5-13)4-11-10(12)16-6-9-2-3-14-7-15-9/h4,9,13H,2-3,5-7H2,1H3. The third kappa shape index (κ3) is 2.76. The summed E-state index contributed by atoms with van der Waals surface area (Å²) in [6.07, 6.45) is 2.88. The Morgan fingerprint density at radius 2 is 2.56 bits per heavy atom. The summed E-state index contributed by atoms with van der Waals surface area (Å²) in [5.74, 6) is 0.874. The molecule has 2 rings (SSSR count). The second kappa shape index (κ2) is 5.67. The van der Waals surface area contributed by atoms with Gasteiger partial charge in [0.2, 0.25) is 0 Å². The fourth-order valence-electron chi connectivity index (χ4n) is 1.51. The minimum atomic E-state index is 0.0256. The molecule has 1 N–H and O–H groups in total. The molecule has 0 aromatic carbocycles. The molecule has 1 fully saturated rings. The number of imidazole rings is 1. The first-order valence-electron chi connectivity index (χ1n) is 5.25. The molecule has 1 aliphatic heterocycles. The number of aromatic nitrogens is 2. The Kier molecular flexibility index (Phi) is 4.22. The number of aliphatic hydroxyl groups excluding tert-OH is 1. The van der Waals surface area contributed by atoms with Gasteiger partial charge in [0.25, 0.3) is 0 Å². The van der Waals surface area contributed by atoms with Crippen molar-refractivity contribution < 1.29 is 14.6 Å². The van der Waals surface area contributed by atoms with Crippen molar-refractivity contribution in [2.24, 2.45) is 7.05 Å². The van der Waals surface area contributed by atoms with Crippen molar-refractivity contribution in [3.63, 3.8) is 0 Å². The maximum Gasteiger partial charge on any atom is 0.168 e. The van der Waals surface area contributed by atoms with E-state index in [-0.39, 0.29) is 12.7 Å². The van der Waals surface area contributed by atoms with E-state index < -0.39 is 0 Å². The summed E-state index contributed by atoms with van der Waals surface area (Å²) in [5, 5.41) is 9.95. The van der Waals surface area contributed by atoms with Crippen LogP contribution in [-0.2, 0) is 23.1 Å². The average molecular weight is 244 g/mol. The molecule has 5 nitrogen and oxygen atoms in total. The first kappa shape index (κ1) is 11.9. The number of thioether (sulfide) groups is 1. The molecule has 1 saturated heterocycles. The molecule has 1 aromatic heterocycles. The van der Waals surface area contributed by atoms with E-state index in [1.165, 1.54) is 0 Å². The predicted octanol–water partition coefficient (Wildman–Crippen LogP) is 0.768. The van der Waals surface area contributed by atoms with Crippen LogP contribution in [0.15, 0.2) is 11.4 Å². The molecule has 0 radical (unpaired) electrons. The van der Waals surface area contributed by atoms with E-state index in [0.29, 0.717) is 6.79 Å². The van der Waals surface area contributed by atoms with Crippen LogP contribution >= 0.6 is 11.8 Å². The molecule has 6 heteroatoms. The summed E-state index contributed by atoms with van der Waals surface area (Å²) in [4.78, 5) is 4.25. The van der Waals surface area contributed by atoms with Crippen LogP contribution in [0.4, 0.5) is 0 Å². The van der Waals surface area contributed by atoms with E-state index >= 15 is 0 Å². The van der Waals surface area contributed by atoms with Crippen LogP contribution in [-0.4, -0.2) is 39.9 Å². The highest BCUT2D eigenvalue weighted by molar-refractivity contribution is 7.99. The normalized spacial score (nSPS) is 21.2. The molecule has 0 spiro atoms. The molecule has 90 valence electrons. The summed E-state index contributed by atoms with van der Waals surface area (Å²) in [7, 11) is 1.91. The smallest absolute Gasteiger partial charge is 0.168 e. The maximum atomic E-state index is 9.04. The van der Waals surface area contributed by atoms with Crippen molar-refractivity contribution in [1.82, 2.24) is 9.55 Å². The van der Waals surface area contributed by atoms with Crippen molar-refractivity contribution in [2.45, 2.75) is 24.3 Å². The van der Waals surface area contributed by atoms with E-state index in [1.807, 2.05) is 11.6 Å². The Labute approximate surface area is 98.8 Å². The lowest BCUT2D eigenvalue weighted by Crippen LogP contribution is -2.25. The van der Waals surface area contributed by atoms with Gasteiger partial charge in [-0.25, -0.2) is 4.98 Å². The fraction of sp³-hybridized carbons (Fsp3) is 0.700. The summed E-state index contributed by atoms with van der Waals surface area (Å²) < 4.78 is 12.5. The SMILES string of the molecule is Cn1c(CO)cnc1SCC1CCOCO1. The largest absolute Gasteiger partial charge is 0.390 e. The van der Waals surface area contributed by atoms with E-state index in [9.17, 15) is 0 Å². The number of hydrogen-bond donors (Lipinski definition) is 1. The Balaban J connectivity index is 1.86. The lowest BCUT2D eigenvalue weighted by Gasteiger charge is -2.22. The number of ether oxygens (including phenoxy) is 2. The molecule has 1 unspecified atom stereocenters. The minimum Gasteiger partial charge on any atom is -0.390 e. The molecular weight excluding hydrogens is 228 g/mol. The highest BCUT2D eigenvalue weighted by Crippen LogP contribution is 2.21. The highest BCUT2D eigenvalue weighted by Gasteiger charge is 2.16. The van der Waals surface area contributed by atoms with Gasteiger partial charge in [-0.1, -0.05) is 11.8 Å². The number of hydrogen-bond acceptors (Lipinski definition) is 5. The number of aliphatic hydroxyl groups is 1. The maximum absolute atomic E-state index is 9.04. The Morgan fingerprint density at radius 3 is 3.19 bits per heavy atom. The van der Waals surface area contributed by atoms with Gasteiger partial charge in [-0.15, -0.1) is 0 Å². The zero-order valence-electron chi connectivity index (χ0n) is 9.26. The lowest BCUT2D eigenvalue weighted by molar-refractivity contribution is -0.130. The van der Waals surface area contributed by atoms with Gasteiger partial charge < -0.3 is 19.1 Å². The number of nitrogens with zero attached hydrogens (tertiary/aromatic N) is 2. The van der Waals surface area contributed by atoms with Gasteiger partial charge in [-0.2, -0.15) is 0 Å². The van der Waals surface area contributed by atoms with Crippen LogP contribution in [0, 0.1) is 0 Å². The van der Waals surface area contributed by atoms with Gasteiger partial charge in [-0.3, -0.25) is 0 Å². The first-order chi connectivity index (χ1) is 7.81. The molecule has 0 amide bonds. The average Bonchev–Trinajstić information content (AvgIpc) is 2.69. The van der Waals surface area contributed by atoms with Gasteiger partial charge in [0.15, 0.2) is 5.16 Å². The van der Waals surface area contributed by atoms with Crippen molar-refractivity contribution in [1.29, 1.82) is 0 Å². The van der Waals surface area contributed by atoms with E-state index in [1.54, 1.807) is 18.0 Å². The van der Waals surface area contributed by atoms with E-state index in [4.69, 9.17) is 14.6 Å². The van der Waals surface area contributed by atoms with Crippen molar-refractivity contribution in [3.8, 4) is 0 Å². The van der Waals surface area contributed by atoms with Crippen LogP contribution in [0.5, 0.6) is 0 Å². The topological polar surface area (TPSA) is 56.5 Å². The van der Waals surface area contributed by atoms with Gasteiger partial charge >= 0.3 is 0 Å². The summed E-state index contributed by atoms with van der Waals surface area (Å²) in [5.41, 5.74) is 0.829. The molecule has 2 heterocycles. The summed E-state index contributed by atoms with van der Waals surface area (Å²) >= 11 is 1.65. The van der Waals surface area contributed by atoms with Gasteiger partial charge in [-0.05, 0) is 6.42 Å². The Hall–Kier alpha value is -0.560. The van der Waals surface area contributed by atoms with Gasteiger partial charge in [0.05, 0.1) is 31.2 Å². The van der Waals surface area contributed by atoms with Crippen molar-refractivity contribution in [2.75, 3.05) is 19.2 Å². The van der Waals surface area contributed by atoms with E-state index in [2.05, 4.69) is 4.98 Å². The fourth-order valence-corrected chi connectivity index (χ4v) is 2.54. The van der Waals surface area contributed by atoms with Gasteiger partial charge in [0.1, 0.15) is 6.79 Å². The molecule has 1 atom stereocenters. The Bertz CT molecular complexity index is 337. The first-order valence-corrected chi connectivity index (χ1v) is 6.23. The molecule has 0 saturated carbocycles.